The van der Waals surface area contributed by atoms with Crippen molar-refractivity contribution in [2.24, 2.45) is 11.3 Å². The molecule has 2 atom stereocenters. The number of piperidine rings is 1. The van der Waals surface area contributed by atoms with E-state index in [1.165, 1.54) is 0 Å². The summed E-state index contributed by atoms with van der Waals surface area (Å²) in [6, 6.07) is 8.06. The summed E-state index contributed by atoms with van der Waals surface area (Å²) in [6.07, 6.45) is 3.31. The summed E-state index contributed by atoms with van der Waals surface area (Å²) in [6.45, 7) is 5.88. The number of morpholine rings is 1. The highest BCUT2D eigenvalue weighted by Gasteiger charge is 2.57. The highest BCUT2D eigenvalue weighted by atomic mass is 35.5. The standard InChI is InChI=1S/C20H28ClN3O2/c21-17-4-2-1-3-15(17)18(24-9-11-26-12-10-24)14-23-19(25)16-13-20(16)5-7-22-8-6-20/h1-4,16,18,22H,5-14H2,(H,23,25). The van der Waals surface area contributed by atoms with Gasteiger partial charge in [0.15, 0.2) is 0 Å². The zero-order chi connectivity index (χ0) is 18.0. The van der Waals surface area contributed by atoms with Crippen LogP contribution >= 0.6 is 11.6 Å². The number of benzene rings is 1. The zero-order valence-electron chi connectivity index (χ0n) is 15.2. The fourth-order valence-corrected chi connectivity index (χ4v) is 4.85. The van der Waals surface area contributed by atoms with E-state index in [0.29, 0.717) is 6.54 Å². The van der Waals surface area contributed by atoms with E-state index in [2.05, 4.69) is 21.6 Å². The first-order chi connectivity index (χ1) is 12.7. The van der Waals surface area contributed by atoms with Crippen molar-refractivity contribution in [2.75, 3.05) is 45.9 Å². The summed E-state index contributed by atoms with van der Waals surface area (Å²) in [5.74, 6) is 0.415. The Morgan fingerprint density at radius 2 is 2.04 bits per heavy atom. The van der Waals surface area contributed by atoms with Crippen LogP contribution in [0.15, 0.2) is 24.3 Å². The number of carbonyl (C=O) groups excluding carboxylic acids is 1. The second-order valence-electron chi connectivity index (χ2n) is 7.80. The molecule has 2 N–H and O–H groups in total. The van der Waals surface area contributed by atoms with E-state index in [0.717, 1.165) is 69.2 Å². The molecule has 5 nitrogen and oxygen atoms in total. The van der Waals surface area contributed by atoms with Crippen LogP contribution in [0.25, 0.3) is 0 Å². The Balaban J connectivity index is 1.42. The molecule has 3 fully saturated rings. The van der Waals surface area contributed by atoms with Gasteiger partial charge in [0.25, 0.3) is 0 Å². The van der Waals surface area contributed by atoms with Gasteiger partial charge in [-0.2, -0.15) is 0 Å². The maximum Gasteiger partial charge on any atom is 0.223 e. The summed E-state index contributed by atoms with van der Waals surface area (Å²) in [4.78, 5) is 15.1. The van der Waals surface area contributed by atoms with Crippen LogP contribution in [-0.2, 0) is 9.53 Å². The Morgan fingerprint density at radius 3 is 2.77 bits per heavy atom. The second-order valence-corrected chi connectivity index (χ2v) is 8.21. The van der Waals surface area contributed by atoms with Gasteiger partial charge in [0.2, 0.25) is 5.91 Å². The normalized spacial score (nSPS) is 26.4. The predicted octanol–water partition coefficient (Wildman–Crippen LogP) is 2.22. The van der Waals surface area contributed by atoms with E-state index >= 15 is 0 Å². The van der Waals surface area contributed by atoms with Gasteiger partial charge < -0.3 is 15.4 Å². The van der Waals surface area contributed by atoms with Crippen molar-refractivity contribution in [3.8, 4) is 0 Å². The molecular weight excluding hydrogens is 350 g/mol. The molecule has 26 heavy (non-hydrogen) atoms. The van der Waals surface area contributed by atoms with Gasteiger partial charge in [0.1, 0.15) is 0 Å². The minimum absolute atomic E-state index is 0.0965. The molecule has 3 aliphatic rings. The van der Waals surface area contributed by atoms with Crippen molar-refractivity contribution in [3.05, 3.63) is 34.9 Å². The molecule has 1 saturated carbocycles. The summed E-state index contributed by atoms with van der Waals surface area (Å²) < 4.78 is 5.50. The average molecular weight is 378 g/mol. The average Bonchev–Trinajstić information content (AvgIpc) is 3.37. The molecule has 142 valence electrons. The highest BCUT2D eigenvalue weighted by Crippen LogP contribution is 2.58. The SMILES string of the molecule is O=C(NCC(c1ccccc1Cl)N1CCOCC1)C1CC12CCNCC2. The summed E-state index contributed by atoms with van der Waals surface area (Å²) in [5.41, 5.74) is 1.36. The van der Waals surface area contributed by atoms with Crippen molar-refractivity contribution < 1.29 is 9.53 Å². The monoisotopic (exact) mass is 377 g/mol. The van der Waals surface area contributed by atoms with Gasteiger partial charge in [0.05, 0.1) is 19.3 Å². The molecule has 1 aromatic rings. The van der Waals surface area contributed by atoms with Crippen LogP contribution in [-0.4, -0.2) is 56.7 Å². The predicted molar refractivity (Wildman–Crippen MR) is 102 cm³/mol. The molecule has 1 aromatic carbocycles. The quantitative estimate of drug-likeness (QED) is 0.826. The molecule has 2 saturated heterocycles. The van der Waals surface area contributed by atoms with Crippen molar-refractivity contribution in [3.63, 3.8) is 0 Å². The van der Waals surface area contributed by atoms with E-state index in [1.807, 2.05) is 18.2 Å². The van der Waals surface area contributed by atoms with Gasteiger partial charge >= 0.3 is 0 Å². The highest BCUT2D eigenvalue weighted by molar-refractivity contribution is 6.31. The Kier molecular flexibility index (Phi) is 5.50. The van der Waals surface area contributed by atoms with E-state index < -0.39 is 0 Å². The second kappa shape index (κ2) is 7.85. The zero-order valence-corrected chi connectivity index (χ0v) is 15.9. The smallest absolute Gasteiger partial charge is 0.223 e. The largest absolute Gasteiger partial charge is 0.379 e. The number of carbonyl (C=O) groups is 1. The van der Waals surface area contributed by atoms with Crippen LogP contribution in [0.5, 0.6) is 0 Å². The topological polar surface area (TPSA) is 53.6 Å². The number of hydrogen-bond acceptors (Lipinski definition) is 4. The number of rotatable bonds is 5. The fraction of sp³-hybridized carbons (Fsp3) is 0.650. The van der Waals surface area contributed by atoms with Crippen molar-refractivity contribution in [1.29, 1.82) is 0 Å². The number of nitrogens with one attached hydrogen (secondary N) is 2. The number of nitrogens with zero attached hydrogens (tertiary/aromatic N) is 1. The summed E-state index contributed by atoms with van der Waals surface area (Å²) >= 11 is 6.47. The molecular formula is C20H28ClN3O2. The van der Waals surface area contributed by atoms with Crippen LogP contribution in [0.3, 0.4) is 0 Å². The molecule has 0 bridgehead atoms. The molecule has 2 aliphatic heterocycles. The van der Waals surface area contributed by atoms with Gasteiger partial charge in [0, 0.05) is 30.6 Å². The first kappa shape index (κ1) is 18.2. The lowest BCUT2D eigenvalue weighted by molar-refractivity contribution is -0.123. The lowest BCUT2D eigenvalue weighted by Gasteiger charge is -2.35. The van der Waals surface area contributed by atoms with E-state index in [4.69, 9.17) is 16.3 Å². The van der Waals surface area contributed by atoms with Gasteiger partial charge in [-0.05, 0) is 49.4 Å². The molecule has 0 radical (unpaired) electrons. The molecule has 4 rings (SSSR count). The Hall–Kier alpha value is -1.14. The third kappa shape index (κ3) is 3.77. The minimum Gasteiger partial charge on any atom is -0.379 e. The molecule has 1 aliphatic carbocycles. The maximum absolute atomic E-state index is 12.8. The molecule has 2 unspecified atom stereocenters. The maximum atomic E-state index is 12.8. The first-order valence-electron chi connectivity index (χ1n) is 9.74. The molecule has 6 heteroatoms. The number of ether oxygens (including phenoxy) is 1. The number of hydrogen-bond donors (Lipinski definition) is 2. The van der Waals surface area contributed by atoms with Crippen LogP contribution in [0.2, 0.25) is 5.02 Å². The van der Waals surface area contributed by atoms with Gasteiger partial charge in [-0.3, -0.25) is 9.69 Å². The third-order valence-electron chi connectivity index (χ3n) is 6.33. The summed E-state index contributed by atoms with van der Waals surface area (Å²) in [5, 5.41) is 7.40. The minimum atomic E-state index is 0.0965. The van der Waals surface area contributed by atoms with Gasteiger partial charge in [-0.25, -0.2) is 0 Å². The van der Waals surface area contributed by atoms with Crippen molar-refractivity contribution in [1.82, 2.24) is 15.5 Å². The lowest BCUT2D eigenvalue weighted by atomic mass is 9.91. The number of amides is 1. The Labute approximate surface area is 160 Å². The van der Waals surface area contributed by atoms with E-state index in [9.17, 15) is 4.79 Å². The van der Waals surface area contributed by atoms with Crippen molar-refractivity contribution >= 4 is 17.5 Å². The van der Waals surface area contributed by atoms with E-state index in [1.54, 1.807) is 0 Å². The van der Waals surface area contributed by atoms with Crippen LogP contribution < -0.4 is 10.6 Å². The first-order valence-corrected chi connectivity index (χ1v) is 10.1. The Morgan fingerprint density at radius 1 is 1.31 bits per heavy atom. The van der Waals surface area contributed by atoms with Gasteiger partial charge in [-0.15, -0.1) is 0 Å². The Bertz CT molecular complexity index is 642. The fourth-order valence-electron chi connectivity index (χ4n) is 4.59. The third-order valence-corrected chi connectivity index (χ3v) is 6.67. The van der Waals surface area contributed by atoms with E-state index in [-0.39, 0.29) is 23.3 Å². The molecule has 1 spiro atoms. The molecule has 1 amide bonds. The number of halogens is 1. The summed E-state index contributed by atoms with van der Waals surface area (Å²) in [7, 11) is 0. The van der Waals surface area contributed by atoms with Crippen molar-refractivity contribution in [2.45, 2.75) is 25.3 Å². The lowest BCUT2D eigenvalue weighted by Crippen LogP contribution is -2.44. The van der Waals surface area contributed by atoms with Crippen LogP contribution in [0.1, 0.15) is 30.9 Å². The van der Waals surface area contributed by atoms with Crippen LogP contribution in [0, 0.1) is 11.3 Å². The molecule has 0 aromatic heterocycles. The van der Waals surface area contributed by atoms with Crippen LogP contribution in [0.4, 0.5) is 0 Å². The molecule has 2 heterocycles. The van der Waals surface area contributed by atoms with Gasteiger partial charge in [-0.1, -0.05) is 29.8 Å².